The highest BCUT2D eigenvalue weighted by molar-refractivity contribution is 6.30. The molecule has 0 bridgehead atoms. The molecule has 0 saturated heterocycles. The van der Waals surface area contributed by atoms with Crippen LogP contribution in [0.4, 0.5) is 5.69 Å². The van der Waals surface area contributed by atoms with Gasteiger partial charge in [0.15, 0.2) is 5.78 Å². The minimum atomic E-state index is -0.456. The number of benzene rings is 3. The van der Waals surface area contributed by atoms with Crippen molar-refractivity contribution in [1.82, 2.24) is 0 Å². The van der Waals surface area contributed by atoms with Gasteiger partial charge < -0.3 is 0 Å². The summed E-state index contributed by atoms with van der Waals surface area (Å²) in [4.78, 5) is 23.4. The van der Waals surface area contributed by atoms with Gasteiger partial charge in [0.2, 0.25) is 0 Å². The highest BCUT2D eigenvalue weighted by Crippen LogP contribution is 2.19. The van der Waals surface area contributed by atoms with Crippen LogP contribution in [0, 0.1) is 10.1 Å². The highest BCUT2D eigenvalue weighted by atomic mass is 35.5. The van der Waals surface area contributed by atoms with Crippen LogP contribution in [0.1, 0.15) is 21.5 Å². The van der Waals surface area contributed by atoms with Crippen molar-refractivity contribution in [3.63, 3.8) is 0 Å². The van der Waals surface area contributed by atoms with Gasteiger partial charge in [-0.2, -0.15) is 0 Å². The van der Waals surface area contributed by atoms with E-state index in [4.69, 9.17) is 11.6 Å². The van der Waals surface area contributed by atoms with E-state index in [9.17, 15) is 14.9 Å². The second-order valence-electron chi connectivity index (χ2n) is 6.03. The molecule has 0 aliphatic rings. The lowest BCUT2D eigenvalue weighted by atomic mass is 9.99. The first-order chi connectivity index (χ1) is 13.5. The minimum absolute atomic E-state index is 0.00237. The summed E-state index contributed by atoms with van der Waals surface area (Å²) >= 11 is 5.91. The van der Waals surface area contributed by atoms with E-state index in [2.05, 4.69) is 0 Å². The molecule has 3 aromatic rings. The summed E-state index contributed by atoms with van der Waals surface area (Å²) in [6, 6.07) is 22.4. The maximum absolute atomic E-state index is 13.0. The van der Waals surface area contributed by atoms with Crippen molar-refractivity contribution in [3.05, 3.63) is 122 Å². The predicted molar refractivity (Wildman–Crippen MR) is 112 cm³/mol. The molecule has 0 aliphatic carbocycles. The molecule has 0 amide bonds. The van der Waals surface area contributed by atoms with Crippen molar-refractivity contribution in [2.24, 2.45) is 0 Å². The second-order valence-corrected chi connectivity index (χ2v) is 6.46. The largest absolute Gasteiger partial charge is 0.289 e. The fraction of sp³-hybridized carbons (Fsp3) is 0. The lowest BCUT2D eigenvalue weighted by Gasteiger charge is -2.04. The number of nitro groups is 1. The highest BCUT2D eigenvalue weighted by Gasteiger charge is 2.11. The van der Waals surface area contributed by atoms with Crippen LogP contribution in [0.15, 0.2) is 90.5 Å². The van der Waals surface area contributed by atoms with Crippen molar-refractivity contribution in [3.8, 4) is 0 Å². The first-order valence-electron chi connectivity index (χ1n) is 8.52. The zero-order valence-electron chi connectivity index (χ0n) is 14.8. The number of non-ortho nitro benzene ring substituents is 1. The number of halogens is 1. The molecule has 0 spiro atoms. The van der Waals surface area contributed by atoms with Crippen LogP contribution in [-0.4, -0.2) is 10.7 Å². The van der Waals surface area contributed by atoms with Crippen molar-refractivity contribution in [2.75, 3.05) is 0 Å². The third-order valence-electron chi connectivity index (χ3n) is 4.05. The lowest BCUT2D eigenvalue weighted by Crippen LogP contribution is -2.01. The minimum Gasteiger partial charge on any atom is -0.289 e. The van der Waals surface area contributed by atoms with Crippen LogP contribution in [0.25, 0.3) is 12.2 Å². The van der Waals surface area contributed by atoms with Gasteiger partial charge in [-0.25, -0.2) is 0 Å². The number of nitrogens with zero attached hydrogens (tertiary/aromatic N) is 1. The van der Waals surface area contributed by atoms with E-state index in [-0.39, 0.29) is 11.5 Å². The fourth-order valence-electron chi connectivity index (χ4n) is 2.58. The number of Topliss-reactive ketones (excluding diaryl/α,β-unsaturated/α-hetero) is 1. The lowest BCUT2D eigenvalue weighted by molar-refractivity contribution is -0.384. The molecule has 0 atom stereocenters. The third-order valence-corrected chi connectivity index (χ3v) is 4.30. The van der Waals surface area contributed by atoms with Crippen LogP contribution in [0.2, 0.25) is 5.02 Å². The number of nitro benzene ring substituents is 1. The van der Waals surface area contributed by atoms with Gasteiger partial charge in [0, 0.05) is 28.3 Å². The molecule has 5 heteroatoms. The monoisotopic (exact) mass is 389 g/mol. The molecule has 0 saturated carbocycles. The predicted octanol–water partition coefficient (Wildman–Crippen LogP) is 6.23. The summed E-state index contributed by atoms with van der Waals surface area (Å²) in [6.45, 7) is 0. The van der Waals surface area contributed by atoms with E-state index < -0.39 is 4.92 Å². The number of hydrogen-bond donors (Lipinski definition) is 0. The number of carbonyl (C=O) groups excluding carboxylic acids is 1. The van der Waals surface area contributed by atoms with E-state index in [1.807, 2.05) is 36.4 Å². The van der Waals surface area contributed by atoms with E-state index in [1.54, 1.807) is 48.6 Å². The number of hydrogen-bond acceptors (Lipinski definition) is 3. The summed E-state index contributed by atoms with van der Waals surface area (Å²) in [5.41, 5.74) is 2.62. The Morgan fingerprint density at radius 1 is 0.857 bits per heavy atom. The first-order valence-corrected chi connectivity index (χ1v) is 8.90. The quantitative estimate of drug-likeness (QED) is 0.165. The molecule has 3 rings (SSSR count). The first kappa shape index (κ1) is 19.3. The standard InChI is InChI=1S/C23H16ClNO3/c24-21-12-10-19(11-13-21)23(26)20(9-6-17-4-2-1-3-5-17)16-18-7-14-22(15-8-18)25(27)28/h1-16H/b9-6+,20-16+. The van der Waals surface area contributed by atoms with Crippen molar-refractivity contribution < 1.29 is 9.72 Å². The van der Waals surface area contributed by atoms with Crippen molar-refractivity contribution >= 4 is 35.2 Å². The fourth-order valence-corrected chi connectivity index (χ4v) is 2.71. The second kappa shape index (κ2) is 8.93. The van der Waals surface area contributed by atoms with E-state index in [0.717, 1.165) is 5.56 Å². The van der Waals surface area contributed by atoms with Crippen LogP contribution in [-0.2, 0) is 0 Å². The van der Waals surface area contributed by atoms with Crippen molar-refractivity contribution in [2.45, 2.75) is 0 Å². The Balaban J connectivity index is 1.97. The summed E-state index contributed by atoms with van der Waals surface area (Å²) < 4.78 is 0. The van der Waals surface area contributed by atoms with E-state index >= 15 is 0 Å². The van der Waals surface area contributed by atoms with Gasteiger partial charge in [-0.3, -0.25) is 14.9 Å². The number of allylic oxidation sites excluding steroid dienone is 2. The average molecular weight is 390 g/mol. The SMILES string of the molecule is O=C(C(/C=C/c1ccccc1)=C/c1ccc([N+](=O)[O-])cc1)c1ccc(Cl)cc1. The molecular weight excluding hydrogens is 374 g/mol. The Hall–Kier alpha value is -3.50. The molecule has 0 heterocycles. The molecule has 0 aliphatic heterocycles. The Morgan fingerprint density at radius 3 is 2.11 bits per heavy atom. The topological polar surface area (TPSA) is 60.2 Å². The Kier molecular flexibility index (Phi) is 6.14. The third kappa shape index (κ3) is 5.02. The molecule has 138 valence electrons. The van der Waals surface area contributed by atoms with Crippen LogP contribution in [0.3, 0.4) is 0 Å². The number of ketones is 1. The molecule has 0 aromatic heterocycles. The van der Waals surface area contributed by atoms with Gasteiger partial charge in [0.1, 0.15) is 0 Å². The summed E-state index contributed by atoms with van der Waals surface area (Å²) in [6.07, 6.45) is 5.30. The van der Waals surface area contributed by atoms with Crippen molar-refractivity contribution in [1.29, 1.82) is 0 Å². The summed E-state index contributed by atoms with van der Waals surface area (Å²) in [5.74, 6) is -0.165. The molecule has 0 fully saturated rings. The van der Waals surface area contributed by atoms with Gasteiger partial charge in [0.25, 0.3) is 5.69 Å². The van der Waals surface area contributed by atoms with Crippen LogP contribution in [0.5, 0.6) is 0 Å². The summed E-state index contributed by atoms with van der Waals surface area (Å²) in [5, 5.41) is 11.4. The van der Waals surface area contributed by atoms with Gasteiger partial charge in [-0.05, 0) is 53.6 Å². The summed E-state index contributed by atoms with van der Waals surface area (Å²) in [7, 11) is 0. The zero-order valence-corrected chi connectivity index (χ0v) is 15.5. The molecule has 4 nitrogen and oxygen atoms in total. The maximum atomic E-state index is 13.0. The molecule has 0 radical (unpaired) electrons. The average Bonchev–Trinajstić information content (AvgIpc) is 2.72. The van der Waals surface area contributed by atoms with Gasteiger partial charge >= 0.3 is 0 Å². The Morgan fingerprint density at radius 2 is 1.50 bits per heavy atom. The Labute approximate surface area is 167 Å². The van der Waals surface area contributed by atoms with Crippen LogP contribution >= 0.6 is 11.6 Å². The number of carbonyl (C=O) groups is 1. The maximum Gasteiger partial charge on any atom is 0.269 e. The normalized spacial score (nSPS) is 11.5. The number of rotatable bonds is 6. The van der Waals surface area contributed by atoms with Gasteiger partial charge in [0.05, 0.1) is 4.92 Å². The van der Waals surface area contributed by atoms with E-state index in [0.29, 0.717) is 21.7 Å². The molecule has 0 unspecified atom stereocenters. The van der Waals surface area contributed by atoms with Crippen LogP contribution < -0.4 is 0 Å². The van der Waals surface area contributed by atoms with E-state index in [1.165, 1.54) is 12.1 Å². The van der Waals surface area contributed by atoms with Gasteiger partial charge in [-0.15, -0.1) is 0 Å². The molecule has 3 aromatic carbocycles. The molecule has 28 heavy (non-hydrogen) atoms. The zero-order chi connectivity index (χ0) is 19.9. The van der Waals surface area contributed by atoms with Gasteiger partial charge in [-0.1, -0.05) is 54.1 Å². The molecule has 0 N–H and O–H groups in total. The molecular formula is C23H16ClNO3. The smallest absolute Gasteiger partial charge is 0.269 e. The Bertz CT molecular complexity index is 1040.